The summed E-state index contributed by atoms with van der Waals surface area (Å²) in [7, 11) is -1.87. The molecule has 4 heteroatoms. The van der Waals surface area contributed by atoms with Crippen LogP contribution in [0.4, 0.5) is 5.69 Å². The number of hydrogen-bond donors (Lipinski definition) is 1. The highest BCUT2D eigenvalue weighted by Crippen LogP contribution is 2.27. The molecule has 2 aromatic carbocycles. The molecule has 0 saturated heterocycles. The number of nitrogen functional groups attached to an aromatic ring is 1. The molecule has 0 amide bonds. The summed E-state index contributed by atoms with van der Waals surface area (Å²) in [5.41, 5.74) is 6.19. The Morgan fingerprint density at radius 3 is 2.44 bits per heavy atom. The summed E-state index contributed by atoms with van der Waals surface area (Å²) in [4.78, 5) is 0. The maximum atomic E-state index is 11.8. The summed E-state index contributed by atoms with van der Waals surface area (Å²) in [5, 5.41) is 0.667. The van der Waals surface area contributed by atoms with Gasteiger partial charge in [-0.1, -0.05) is 24.3 Å². The quantitative estimate of drug-likeness (QED) is 0.653. The maximum Gasteiger partial charge on any atom is 0.302 e. The third-order valence-electron chi connectivity index (χ3n) is 2.01. The predicted octanol–water partition coefficient (Wildman–Crippen LogP) is 2.72. The molecule has 0 fully saturated rings. The molecule has 1 atom stereocenters. The third kappa shape index (κ3) is 2.59. The Balaban J connectivity index is 2.14. The minimum Gasteiger partial charge on any atom is -0.414 e. The van der Waals surface area contributed by atoms with Crippen LogP contribution in [0.1, 0.15) is 0 Å². The lowest BCUT2D eigenvalue weighted by molar-refractivity contribution is 0.514. The van der Waals surface area contributed by atoms with E-state index in [0.29, 0.717) is 16.7 Å². The Morgan fingerprint density at radius 2 is 1.75 bits per heavy atom. The molecule has 1 unspecified atom stereocenters. The molecule has 0 bridgehead atoms. The minimum absolute atomic E-state index is 0.518. The van der Waals surface area contributed by atoms with Crippen molar-refractivity contribution in [1.82, 2.24) is 0 Å². The second kappa shape index (κ2) is 4.77. The summed E-state index contributed by atoms with van der Waals surface area (Å²) in [6.45, 7) is 0. The monoisotopic (exact) mass is 232 g/mol. The highest BCUT2D eigenvalue weighted by atomic mass is 31.1. The van der Waals surface area contributed by atoms with E-state index in [-0.39, 0.29) is 0 Å². The van der Waals surface area contributed by atoms with Gasteiger partial charge < -0.3 is 10.3 Å². The second-order valence-electron chi connectivity index (χ2n) is 3.26. The molecule has 3 nitrogen and oxygen atoms in total. The van der Waals surface area contributed by atoms with E-state index < -0.39 is 8.03 Å². The van der Waals surface area contributed by atoms with E-state index in [1.54, 1.807) is 36.4 Å². The molecule has 2 aromatic rings. The maximum absolute atomic E-state index is 11.8. The van der Waals surface area contributed by atoms with Gasteiger partial charge in [0.2, 0.25) is 0 Å². The Bertz CT molecular complexity index is 499. The number of benzene rings is 2. The van der Waals surface area contributed by atoms with Crippen LogP contribution in [0.25, 0.3) is 0 Å². The van der Waals surface area contributed by atoms with Gasteiger partial charge in [0, 0.05) is 11.8 Å². The molecule has 1 radical (unpaired) electrons. The van der Waals surface area contributed by atoms with Crippen LogP contribution in [0, 0.1) is 0 Å². The standard InChI is InChI=1S/C12H11NO2P/c13-10-5-4-6-11(9-10)15-16(14)12-7-2-1-3-8-12/h1-9H,13H2. The molecule has 81 valence electrons. The van der Waals surface area contributed by atoms with Crippen molar-refractivity contribution in [2.75, 3.05) is 5.73 Å². The highest BCUT2D eigenvalue weighted by Gasteiger charge is 2.06. The predicted molar refractivity (Wildman–Crippen MR) is 65.2 cm³/mol. The van der Waals surface area contributed by atoms with Crippen molar-refractivity contribution in [3.8, 4) is 5.75 Å². The molecule has 16 heavy (non-hydrogen) atoms. The Hall–Kier alpha value is -1.86. The number of anilines is 1. The first-order valence-corrected chi connectivity index (χ1v) is 5.99. The zero-order valence-corrected chi connectivity index (χ0v) is 9.43. The number of rotatable bonds is 3. The van der Waals surface area contributed by atoms with Gasteiger partial charge in [0.05, 0.1) is 5.30 Å². The summed E-state index contributed by atoms with van der Waals surface area (Å²) in [6.07, 6.45) is 0. The first-order valence-electron chi connectivity index (χ1n) is 4.81. The molecule has 0 saturated carbocycles. The van der Waals surface area contributed by atoms with Crippen LogP contribution < -0.4 is 15.6 Å². The lowest BCUT2D eigenvalue weighted by Crippen LogP contribution is -1.98. The van der Waals surface area contributed by atoms with Crippen LogP contribution in [0.15, 0.2) is 54.6 Å². The van der Waals surface area contributed by atoms with Crippen LogP contribution in [0.5, 0.6) is 5.75 Å². The average Bonchev–Trinajstić information content (AvgIpc) is 2.30. The SMILES string of the molecule is Nc1cccc(O[P](=O)c2ccccc2)c1. The van der Waals surface area contributed by atoms with Gasteiger partial charge in [0.15, 0.2) is 0 Å². The van der Waals surface area contributed by atoms with E-state index in [0.717, 1.165) is 0 Å². The molecule has 0 aliphatic heterocycles. The largest absolute Gasteiger partial charge is 0.414 e. The van der Waals surface area contributed by atoms with Gasteiger partial charge in [0.1, 0.15) is 5.75 Å². The molecular formula is C12H11NO2P. The van der Waals surface area contributed by atoms with Gasteiger partial charge in [-0.2, -0.15) is 0 Å². The summed E-state index contributed by atoms with van der Waals surface area (Å²) in [5.74, 6) is 0.518. The van der Waals surface area contributed by atoms with Gasteiger partial charge in [-0.3, -0.25) is 0 Å². The molecule has 2 rings (SSSR count). The van der Waals surface area contributed by atoms with Crippen LogP contribution in [-0.4, -0.2) is 0 Å². The lowest BCUT2D eigenvalue weighted by Gasteiger charge is -2.04. The Morgan fingerprint density at radius 1 is 1.00 bits per heavy atom. The number of nitrogens with two attached hydrogens (primary N) is 1. The zero-order valence-electron chi connectivity index (χ0n) is 8.54. The molecule has 0 aromatic heterocycles. The molecule has 2 N–H and O–H groups in total. The van der Waals surface area contributed by atoms with Gasteiger partial charge in [0.25, 0.3) is 0 Å². The van der Waals surface area contributed by atoms with Crippen LogP contribution >= 0.6 is 8.03 Å². The zero-order chi connectivity index (χ0) is 11.4. The third-order valence-corrected chi connectivity index (χ3v) is 3.11. The van der Waals surface area contributed by atoms with E-state index in [1.807, 2.05) is 18.2 Å². The lowest BCUT2D eigenvalue weighted by atomic mass is 10.3. The van der Waals surface area contributed by atoms with Crippen molar-refractivity contribution in [3.05, 3.63) is 54.6 Å². The summed E-state index contributed by atoms with van der Waals surface area (Å²) in [6, 6.07) is 15.9. The van der Waals surface area contributed by atoms with Gasteiger partial charge in [-0.05, 0) is 24.3 Å². The van der Waals surface area contributed by atoms with Crippen LogP contribution in [0.3, 0.4) is 0 Å². The molecule has 0 spiro atoms. The first-order chi connectivity index (χ1) is 7.75. The Labute approximate surface area is 94.7 Å². The van der Waals surface area contributed by atoms with E-state index in [2.05, 4.69) is 0 Å². The second-order valence-corrected chi connectivity index (χ2v) is 4.47. The molecular weight excluding hydrogens is 221 g/mol. The van der Waals surface area contributed by atoms with E-state index in [9.17, 15) is 4.57 Å². The van der Waals surface area contributed by atoms with Gasteiger partial charge in [-0.25, -0.2) is 4.57 Å². The molecule has 0 heterocycles. The topological polar surface area (TPSA) is 52.3 Å². The highest BCUT2D eigenvalue weighted by molar-refractivity contribution is 7.48. The van der Waals surface area contributed by atoms with Crippen molar-refractivity contribution in [2.45, 2.75) is 0 Å². The fourth-order valence-corrected chi connectivity index (χ4v) is 2.10. The van der Waals surface area contributed by atoms with E-state index in [1.165, 1.54) is 0 Å². The van der Waals surface area contributed by atoms with Crippen molar-refractivity contribution in [3.63, 3.8) is 0 Å². The van der Waals surface area contributed by atoms with Crippen molar-refractivity contribution < 1.29 is 9.09 Å². The van der Waals surface area contributed by atoms with E-state index in [4.69, 9.17) is 10.3 Å². The van der Waals surface area contributed by atoms with Crippen LogP contribution in [-0.2, 0) is 4.57 Å². The van der Waals surface area contributed by atoms with E-state index >= 15 is 0 Å². The number of hydrogen-bond acceptors (Lipinski definition) is 3. The smallest absolute Gasteiger partial charge is 0.302 e. The van der Waals surface area contributed by atoms with Gasteiger partial charge >= 0.3 is 8.03 Å². The average molecular weight is 232 g/mol. The molecule has 0 aliphatic rings. The van der Waals surface area contributed by atoms with Crippen LogP contribution in [0.2, 0.25) is 0 Å². The summed E-state index contributed by atoms with van der Waals surface area (Å²) < 4.78 is 17.1. The normalized spacial score (nSPS) is 10.9. The summed E-state index contributed by atoms with van der Waals surface area (Å²) >= 11 is 0. The van der Waals surface area contributed by atoms with Crippen molar-refractivity contribution >= 4 is 19.0 Å². The fraction of sp³-hybridized carbons (Fsp3) is 0. The first kappa shape index (κ1) is 10.7. The fourth-order valence-electron chi connectivity index (χ4n) is 1.27. The van der Waals surface area contributed by atoms with Crippen molar-refractivity contribution in [1.29, 1.82) is 0 Å². The van der Waals surface area contributed by atoms with Crippen molar-refractivity contribution in [2.24, 2.45) is 0 Å². The molecule has 0 aliphatic carbocycles. The minimum atomic E-state index is -1.87. The Kier molecular flexibility index (Phi) is 3.18. The van der Waals surface area contributed by atoms with Gasteiger partial charge in [-0.15, -0.1) is 0 Å².